The van der Waals surface area contributed by atoms with Crippen LogP contribution in [-0.4, -0.2) is 63.9 Å². The SMILES string of the molecule is CS(=O)(=O)NC1CCN(C(=O)C2CCC(c3ccccc3)N(S(=O)(=O)c3cccc(F)c3)C2)CC1. The smallest absolute Gasteiger partial charge is 0.243 e. The number of benzene rings is 2. The maximum Gasteiger partial charge on any atom is 0.243 e. The third kappa shape index (κ3) is 6.08. The molecule has 11 heteroatoms. The molecule has 2 unspecified atom stereocenters. The Hall–Kier alpha value is -2.34. The summed E-state index contributed by atoms with van der Waals surface area (Å²) in [5, 5.41) is 0. The third-order valence-electron chi connectivity index (χ3n) is 6.66. The zero-order valence-electron chi connectivity index (χ0n) is 19.5. The van der Waals surface area contributed by atoms with Crippen molar-refractivity contribution >= 4 is 26.0 Å². The molecule has 190 valence electrons. The largest absolute Gasteiger partial charge is 0.342 e. The van der Waals surface area contributed by atoms with Gasteiger partial charge >= 0.3 is 0 Å². The lowest BCUT2D eigenvalue weighted by atomic mass is 9.89. The van der Waals surface area contributed by atoms with Crippen LogP contribution in [-0.2, 0) is 24.8 Å². The molecule has 35 heavy (non-hydrogen) atoms. The molecule has 2 fully saturated rings. The second-order valence-corrected chi connectivity index (χ2v) is 12.9. The van der Waals surface area contributed by atoms with Gasteiger partial charge in [0.05, 0.1) is 23.1 Å². The van der Waals surface area contributed by atoms with E-state index in [0.29, 0.717) is 38.8 Å². The third-order valence-corrected chi connectivity index (χ3v) is 9.29. The molecule has 2 aliphatic rings. The van der Waals surface area contributed by atoms with Gasteiger partial charge in [-0.15, -0.1) is 0 Å². The van der Waals surface area contributed by atoms with Crippen molar-refractivity contribution in [2.45, 2.75) is 42.7 Å². The van der Waals surface area contributed by atoms with Gasteiger partial charge in [-0.2, -0.15) is 4.31 Å². The van der Waals surface area contributed by atoms with Crippen LogP contribution in [0.15, 0.2) is 59.5 Å². The molecule has 0 bridgehead atoms. The van der Waals surface area contributed by atoms with Gasteiger partial charge in [0.1, 0.15) is 5.82 Å². The highest BCUT2D eigenvalue weighted by Gasteiger charge is 2.41. The molecule has 2 heterocycles. The van der Waals surface area contributed by atoms with Crippen molar-refractivity contribution in [3.05, 3.63) is 66.0 Å². The first kappa shape index (κ1) is 25.7. The predicted octanol–water partition coefficient (Wildman–Crippen LogP) is 2.51. The molecule has 2 aliphatic heterocycles. The second kappa shape index (κ2) is 10.3. The fourth-order valence-electron chi connectivity index (χ4n) is 4.96. The van der Waals surface area contributed by atoms with E-state index < -0.39 is 37.8 Å². The van der Waals surface area contributed by atoms with Gasteiger partial charge in [-0.05, 0) is 49.4 Å². The van der Waals surface area contributed by atoms with Gasteiger partial charge in [-0.3, -0.25) is 4.79 Å². The Bertz CT molecular complexity index is 1260. The minimum atomic E-state index is -4.06. The van der Waals surface area contributed by atoms with Crippen LogP contribution in [0.4, 0.5) is 4.39 Å². The molecule has 8 nitrogen and oxygen atoms in total. The number of carbonyl (C=O) groups is 1. The summed E-state index contributed by atoms with van der Waals surface area (Å²) in [6.45, 7) is 0.807. The van der Waals surface area contributed by atoms with Gasteiger partial charge in [0.2, 0.25) is 26.0 Å². The summed E-state index contributed by atoms with van der Waals surface area (Å²) in [5.74, 6) is -1.30. The lowest BCUT2D eigenvalue weighted by Crippen LogP contribution is -2.51. The molecule has 0 saturated carbocycles. The maximum atomic E-state index is 13.9. The summed E-state index contributed by atoms with van der Waals surface area (Å²) < 4.78 is 68.0. The Morgan fingerprint density at radius 3 is 2.26 bits per heavy atom. The number of nitrogens with zero attached hydrogens (tertiary/aromatic N) is 2. The minimum Gasteiger partial charge on any atom is -0.342 e. The van der Waals surface area contributed by atoms with Crippen LogP contribution in [0.2, 0.25) is 0 Å². The van der Waals surface area contributed by atoms with Crippen LogP contribution in [0.5, 0.6) is 0 Å². The molecule has 2 aromatic rings. The fraction of sp³-hybridized carbons (Fsp3) is 0.458. The molecular weight excluding hydrogens is 493 g/mol. The molecule has 2 aromatic carbocycles. The Kier molecular flexibility index (Phi) is 7.60. The standard InChI is InChI=1S/C24H30FN3O5S2/c1-34(30,31)26-21-12-14-27(15-13-21)24(29)19-10-11-23(18-6-3-2-4-7-18)28(17-19)35(32,33)22-9-5-8-20(25)16-22/h2-9,16,19,21,23,26H,10-15,17H2,1H3. The number of hydrogen-bond acceptors (Lipinski definition) is 5. The average molecular weight is 524 g/mol. The van der Waals surface area contributed by atoms with E-state index in [1.54, 1.807) is 4.90 Å². The van der Waals surface area contributed by atoms with E-state index in [1.165, 1.54) is 22.5 Å². The monoisotopic (exact) mass is 523 g/mol. The number of piperidine rings is 2. The first-order chi connectivity index (χ1) is 16.5. The van der Waals surface area contributed by atoms with E-state index in [0.717, 1.165) is 17.9 Å². The fourth-order valence-corrected chi connectivity index (χ4v) is 7.52. The normalized spacial score (nSPS) is 22.7. The molecule has 4 rings (SSSR count). The van der Waals surface area contributed by atoms with Crippen molar-refractivity contribution in [2.75, 3.05) is 25.9 Å². The lowest BCUT2D eigenvalue weighted by molar-refractivity contribution is -0.138. The van der Waals surface area contributed by atoms with E-state index in [4.69, 9.17) is 0 Å². The predicted molar refractivity (Wildman–Crippen MR) is 130 cm³/mol. The first-order valence-corrected chi connectivity index (χ1v) is 15.0. The van der Waals surface area contributed by atoms with E-state index in [2.05, 4.69) is 4.72 Å². The topological polar surface area (TPSA) is 104 Å². The molecule has 0 radical (unpaired) electrons. The summed E-state index contributed by atoms with van der Waals surface area (Å²) >= 11 is 0. The van der Waals surface area contributed by atoms with Crippen molar-refractivity contribution in [1.29, 1.82) is 0 Å². The summed E-state index contributed by atoms with van der Waals surface area (Å²) in [6.07, 6.45) is 3.10. The summed E-state index contributed by atoms with van der Waals surface area (Å²) in [6, 6.07) is 13.5. The number of nitrogens with one attached hydrogen (secondary N) is 1. The summed E-state index contributed by atoms with van der Waals surface area (Å²) in [5.41, 5.74) is 0.825. The van der Waals surface area contributed by atoms with Crippen LogP contribution in [0, 0.1) is 11.7 Å². The summed E-state index contributed by atoms with van der Waals surface area (Å²) in [4.78, 5) is 14.9. The first-order valence-electron chi connectivity index (χ1n) is 11.6. The molecule has 2 saturated heterocycles. The van der Waals surface area contributed by atoms with Crippen LogP contribution >= 0.6 is 0 Å². The van der Waals surface area contributed by atoms with Crippen molar-refractivity contribution < 1.29 is 26.0 Å². The number of rotatable bonds is 6. The highest BCUT2D eigenvalue weighted by molar-refractivity contribution is 7.89. The van der Waals surface area contributed by atoms with E-state index in [9.17, 15) is 26.0 Å². The average Bonchev–Trinajstić information content (AvgIpc) is 2.83. The van der Waals surface area contributed by atoms with Crippen LogP contribution < -0.4 is 4.72 Å². The van der Waals surface area contributed by atoms with Crippen molar-refractivity contribution in [3.63, 3.8) is 0 Å². The van der Waals surface area contributed by atoms with E-state index >= 15 is 0 Å². The quantitative estimate of drug-likeness (QED) is 0.627. The highest BCUT2D eigenvalue weighted by Crippen LogP contribution is 2.38. The minimum absolute atomic E-state index is 0.00123. The number of carbonyl (C=O) groups excluding carboxylic acids is 1. The van der Waals surface area contributed by atoms with Gasteiger partial charge in [0, 0.05) is 25.7 Å². The number of halogens is 1. The van der Waals surface area contributed by atoms with E-state index in [1.807, 2.05) is 30.3 Å². The van der Waals surface area contributed by atoms with Gasteiger partial charge in [0.25, 0.3) is 0 Å². The number of likely N-dealkylation sites (tertiary alicyclic amines) is 1. The lowest BCUT2D eigenvalue weighted by Gasteiger charge is -2.41. The van der Waals surface area contributed by atoms with Crippen molar-refractivity contribution in [2.24, 2.45) is 5.92 Å². The van der Waals surface area contributed by atoms with Crippen LogP contribution in [0.25, 0.3) is 0 Å². The summed E-state index contributed by atoms with van der Waals surface area (Å²) in [7, 11) is -7.38. The Morgan fingerprint density at radius 1 is 0.943 bits per heavy atom. The molecular formula is C24H30FN3O5S2. The van der Waals surface area contributed by atoms with Gasteiger partial charge < -0.3 is 4.90 Å². The highest BCUT2D eigenvalue weighted by atomic mass is 32.2. The van der Waals surface area contributed by atoms with Gasteiger partial charge in [0.15, 0.2) is 0 Å². The van der Waals surface area contributed by atoms with Crippen molar-refractivity contribution in [3.8, 4) is 0 Å². The molecule has 0 spiro atoms. The molecule has 1 N–H and O–H groups in total. The Labute approximate surface area is 206 Å². The van der Waals surface area contributed by atoms with Crippen LogP contribution in [0.3, 0.4) is 0 Å². The molecule has 1 amide bonds. The van der Waals surface area contributed by atoms with E-state index in [-0.39, 0.29) is 23.4 Å². The second-order valence-electron chi connectivity index (χ2n) is 9.22. The van der Waals surface area contributed by atoms with Gasteiger partial charge in [-0.1, -0.05) is 36.4 Å². The zero-order chi connectivity index (χ0) is 25.2. The van der Waals surface area contributed by atoms with Crippen molar-refractivity contribution in [1.82, 2.24) is 13.9 Å². The molecule has 0 aromatic heterocycles. The molecule has 0 aliphatic carbocycles. The van der Waals surface area contributed by atoms with Gasteiger partial charge in [-0.25, -0.2) is 25.9 Å². The van der Waals surface area contributed by atoms with Crippen LogP contribution in [0.1, 0.15) is 37.3 Å². The Morgan fingerprint density at radius 2 is 1.63 bits per heavy atom. The number of amides is 1. The number of hydrogen-bond donors (Lipinski definition) is 1. The maximum absolute atomic E-state index is 13.9. The molecule has 2 atom stereocenters. The Balaban J connectivity index is 1.54. The number of sulfonamides is 2. The zero-order valence-corrected chi connectivity index (χ0v) is 21.1.